The molecule has 8 heteroatoms. The quantitative estimate of drug-likeness (QED) is 0.385. The molecule has 122 valence electrons. The minimum Gasteiger partial charge on any atom is -0.356 e. The number of nitrogens with zero attached hydrogens (tertiary/aromatic N) is 2. The van der Waals surface area contributed by atoms with Crippen LogP contribution in [0.15, 0.2) is 28.5 Å². The fourth-order valence-corrected chi connectivity index (χ4v) is 3.70. The fraction of sp³-hybridized carbons (Fsp3) is 0.571. The molecule has 1 aromatic rings. The number of nitroso groups, excluding NO2 is 1. The number of nitrogens with one attached hydrogen (secondary N) is 1. The third kappa shape index (κ3) is 7.77. The second-order valence-corrected chi connectivity index (χ2v) is 8.22. The predicted octanol–water partition coefficient (Wildman–Crippen LogP) is 3.24. The van der Waals surface area contributed by atoms with E-state index in [1.807, 2.05) is 0 Å². The molecule has 0 aliphatic heterocycles. The second kappa shape index (κ2) is 9.81. The monoisotopic (exact) mass is 342 g/mol. The molecule has 0 bridgehead atoms. The van der Waals surface area contributed by atoms with Crippen LogP contribution < -0.4 is 11.1 Å². The van der Waals surface area contributed by atoms with Crippen molar-refractivity contribution in [3.05, 3.63) is 23.2 Å². The van der Waals surface area contributed by atoms with Gasteiger partial charge in [0, 0.05) is 17.7 Å². The number of carbonyl (C=O) groups is 1. The molecular formula is C14H22N4O2S2. The Morgan fingerprint density at radius 3 is 2.82 bits per heavy atom. The van der Waals surface area contributed by atoms with Crippen molar-refractivity contribution in [2.24, 2.45) is 10.9 Å². The van der Waals surface area contributed by atoms with Crippen molar-refractivity contribution in [3.8, 4) is 0 Å². The number of hydrogen-bond donors (Lipinski definition) is 2. The Balaban J connectivity index is 2.33. The molecule has 0 saturated carbocycles. The number of hydrogen-bond acceptors (Lipinski definition) is 7. The van der Waals surface area contributed by atoms with E-state index in [0.29, 0.717) is 25.2 Å². The van der Waals surface area contributed by atoms with Gasteiger partial charge < -0.3 is 11.1 Å². The van der Waals surface area contributed by atoms with Crippen LogP contribution >= 0.6 is 21.6 Å². The molecule has 0 aromatic carbocycles. The van der Waals surface area contributed by atoms with Gasteiger partial charge in [0.1, 0.15) is 10.7 Å². The predicted molar refractivity (Wildman–Crippen MR) is 93.1 cm³/mol. The molecule has 0 saturated heterocycles. The number of rotatable bonds is 10. The Morgan fingerprint density at radius 1 is 1.45 bits per heavy atom. The van der Waals surface area contributed by atoms with Crippen LogP contribution in [0.4, 0.5) is 5.69 Å². The molecule has 0 spiro atoms. The van der Waals surface area contributed by atoms with E-state index in [1.54, 1.807) is 22.9 Å². The molecule has 1 heterocycles. The van der Waals surface area contributed by atoms with Gasteiger partial charge in [-0.05, 0) is 61.3 Å². The Hall–Kier alpha value is -1.12. The molecule has 1 aromatic heterocycles. The first-order valence-electron chi connectivity index (χ1n) is 7.09. The minimum atomic E-state index is -0.0564. The third-order valence-electron chi connectivity index (χ3n) is 2.84. The third-order valence-corrected chi connectivity index (χ3v) is 6.10. The SMILES string of the molecule is CC(C)(CCC(=O)NCCCN)SSc1ccc(N=O)cn1. The van der Waals surface area contributed by atoms with Crippen LogP contribution in [0.3, 0.4) is 0 Å². The summed E-state index contributed by atoms with van der Waals surface area (Å²) in [6, 6.07) is 3.41. The first-order valence-corrected chi connectivity index (χ1v) is 9.24. The van der Waals surface area contributed by atoms with Crippen molar-refractivity contribution in [1.82, 2.24) is 10.3 Å². The van der Waals surface area contributed by atoms with Gasteiger partial charge in [0.15, 0.2) is 0 Å². The summed E-state index contributed by atoms with van der Waals surface area (Å²) in [4.78, 5) is 26.2. The summed E-state index contributed by atoms with van der Waals surface area (Å²) < 4.78 is -0.0564. The van der Waals surface area contributed by atoms with Crippen LogP contribution in [0.1, 0.15) is 33.1 Å². The van der Waals surface area contributed by atoms with Crippen molar-refractivity contribution in [3.63, 3.8) is 0 Å². The summed E-state index contributed by atoms with van der Waals surface area (Å²) in [5, 5.41) is 6.49. The molecule has 0 aliphatic carbocycles. The Kier molecular flexibility index (Phi) is 8.44. The normalized spacial score (nSPS) is 11.2. The van der Waals surface area contributed by atoms with Gasteiger partial charge in [-0.2, -0.15) is 0 Å². The average molecular weight is 342 g/mol. The number of carbonyl (C=O) groups excluding carboxylic acids is 1. The number of amides is 1. The Morgan fingerprint density at radius 2 is 2.23 bits per heavy atom. The molecule has 0 fully saturated rings. The van der Waals surface area contributed by atoms with Crippen LogP contribution in [-0.4, -0.2) is 28.7 Å². The molecule has 0 aliphatic rings. The van der Waals surface area contributed by atoms with Crippen molar-refractivity contribution < 1.29 is 4.79 Å². The largest absolute Gasteiger partial charge is 0.356 e. The highest BCUT2D eigenvalue weighted by atomic mass is 33.1. The lowest BCUT2D eigenvalue weighted by Crippen LogP contribution is -2.27. The van der Waals surface area contributed by atoms with E-state index < -0.39 is 0 Å². The smallest absolute Gasteiger partial charge is 0.220 e. The van der Waals surface area contributed by atoms with Gasteiger partial charge in [0.2, 0.25) is 5.91 Å². The highest BCUT2D eigenvalue weighted by Gasteiger charge is 2.21. The molecule has 22 heavy (non-hydrogen) atoms. The standard InChI is InChI=1S/C14H22N4O2S2/c1-14(2,7-6-12(19)16-9-3-8-15)22-21-13-5-4-11(18-20)10-17-13/h4-5,10H,3,6-9,15H2,1-2H3,(H,16,19). The molecule has 0 atom stereocenters. The van der Waals surface area contributed by atoms with Crippen LogP contribution in [0.2, 0.25) is 0 Å². The van der Waals surface area contributed by atoms with Gasteiger partial charge in [0.05, 0.1) is 6.20 Å². The summed E-state index contributed by atoms with van der Waals surface area (Å²) in [6.45, 7) is 5.42. The van der Waals surface area contributed by atoms with Gasteiger partial charge in [-0.3, -0.25) is 4.79 Å². The molecule has 0 unspecified atom stereocenters. The highest BCUT2D eigenvalue weighted by molar-refractivity contribution is 8.77. The van der Waals surface area contributed by atoms with Gasteiger partial charge in [-0.15, -0.1) is 4.91 Å². The minimum absolute atomic E-state index is 0.0564. The van der Waals surface area contributed by atoms with Crippen LogP contribution in [0.25, 0.3) is 0 Å². The average Bonchev–Trinajstić information content (AvgIpc) is 2.52. The van der Waals surface area contributed by atoms with Crippen molar-refractivity contribution >= 4 is 33.2 Å². The summed E-state index contributed by atoms with van der Waals surface area (Å²) in [5.41, 5.74) is 5.71. The molecular weight excluding hydrogens is 320 g/mol. The van der Waals surface area contributed by atoms with E-state index in [1.165, 1.54) is 17.0 Å². The maximum Gasteiger partial charge on any atom is 0.220 e. The molecule has 3 N–H and O–H groups in total. The van der Waals surface area contributed by atoms with Crippen LogP contribution in [0.5, 0.6) is 0 Å². The Bertz CT molecular complexity index is 480. The molecule has 0 radical (unpaired) electrons. The summed E-state index contributed by atoms with van der Waals surface area (Å²) in [7, 11) is 3.19. The zero-order valence-electron chi connectivity index (χ0n) is 12.9. The van der Waals surface area contributed by atoms with E-state index in [-0.39, 0.29) is 10.7 Å². The van der Waals surface area contributed by atoms with Crippen molar-refractivity contribution in [2.45, 2.75) is 42.9 Å². The lowest BCUT2D eigenvalue weighted by Gasteiger charge is -2.22. The lowest BCUT2D eigenvalue weighted by atomic mass is 10.1. The maximum atomic E-state index is 11.7. The topological polar surface area (TPSA) is 97.4 Å². The van der Waals surface area contributed by atoms with Gasteiger partial charge in [-0.25, -0.2) is 4.98 Å². The number of pyridine rings is 1. The molecule has 1 rings (SSSR count). The van der Waals surface area contributed by atoms with Gasteiger partial charge >= 0.3 is 0 Å². The van der Waals surface area contributed by atoms with E-state index in [2.05, 4.69) is 29.3 Å². The second-order valence-electron chi connectivity index (χ2n) is 5.36. The zero-order valence-corrected chi connectivity index (χ0v) is 14.5. The summed E-state index contributed by atoms with van der Waals surface area (Å²) in [6.07, 6.45) is 3.52. The van der Waals surface area contributed by atoms with Gasteiger partial charge in [0.25, 0.3) is 0 Å². The fourth-order valence-electron chi connectivity index (χ4n) is 1.51. The first kappa shape index (κ1) is 18.9. The zero-order chi connectivity index (χ0) is 16.4. The van der Waals surface area contributed by atoms with E-state index >= 15 is 0 Å². The highest BCUT2D eigenvalue weighted by Crippen LogP contribution is 2.42. The van der Waals surface area contributed by atoms with E-state index in [0.717, 1.165) is 17.9 Å². The Labute approximate surface area is 138 Å². The molecule has 1 amide bonds. The van der Waals surface area contributed by atoms with Crippen molar-refractivity contribution in [1.29, 1.82) is 0 Å². The van der Waals surface area contributed by atoms with E-state index in [9.17, 15) is 9.70 Å². The van der Waals surface area contributed by atoms with E-state index in [4.69, 9.17) is 5.73 Å². The maximum absolute atomic E-state index is 11.7. The van der Waals surface area contributed by atoms with Crippen LogP contribution in [0, 0.1) is 4.91 Å². The summed E-state index contributed by atoms with van der Waals surface area (Å²) in [5.74, 6) is 0.0617. The lowest BCUT2D eigenvalue weighted by molar-refractivity contribution is -0.121. The summed E-state index contributed by atoms with van der Waals surface area (Å²) >= 11 is 0. The number of aromatic nitrogens is 1. The molecule has 6 nitrogen and oxygen atoms in total. The van der Waals surface area contributed by atoms with Crippen LogP contribution in [-0.2, 0) is 4.79 Å². The first-order chi connectivity index (χ1) is 10.5. The van der Waals surface area contributed by atoms with Crippen molar-refractivity contribution in [2.75, 3.05) is 13.1 Å². The number of nitrogens with two attached hydrogens (primary N) is 1. The van der Waals surface area contributed by atoms with Gasteiger partial charge in [-0.1, -0.05) is 10.8 Å².